The summed E-state index contributed by atoms with van der Waals surface area (Å²) < 4.78 is 0. The molecule has 0 aliphatic carbocycles. The van der Waals surface area contributed by atoms with Crippen LogP contribution in [0, 0.1) is 0 Å². The third-order valence-electron chi connectivity index (χ3n) is 2.88. The summed E-state index contributed by atoms with van der Waals surface area (Å²) in [6, 6.07) is 9.30. The molecule has 0 aromatic heterocycles. The molecule has 0 aliphatic heterocycles. The molecule has 0 aliphatic rings. The molecule has 3 nitrogen and oxygen atoms in total. The van der Waals surface area contributed by atoms with Crippen LogP contribution in [0.5, 0.6) is 0 Å². The van der Waals surface area contributed by atoms with Gasteiger partial charge < -0.3 is 4.90 Å². The summed E-state index contributed by atoms with van der Waals surface area (Å²) in [5.41, 5.74) is 0.709. The minimum atomic E-state index is 0.0445. The van der Waals surface area contributed by atoms with Gasteiger partial charge in [0, 0.05) is 18.7 Å². The average molecular weight is 271 g/mol. The number of carbonyl (C=O) groups excluding carboxylic acids is 2. The summed E-state index contributed by atoms with van der Waals surface area (Å²) in [6.07, 6.45) is 9.66. The number of aldehydes is 1. The minimum Gasteiger partial charge on any atom is -0.335 e. The molecule has 1 rings (SSSR count). The van der Waals surface area contributed by atoms with Crippen molar-refractivity contribution in [2.24, 2.45) is 0 Å². The van der Waals surface area contributed by atoms with Crippen molar-refractivity contribution < 1.29 is 9.59 Å². The highest BCUT2D eigenvalue weighted by molar-refractivity contribution is 5.94. The Morgan fingerprint density at radius 3 is 2.60 bits per heavy atom. The van der Waals surface area contributed by atoms with E-state index < -0.39 is 0 Å². The summed E-state index contributed by atoms with van der Waals surface area (Å²) in [5, 5.41) is 0. The molecule has 0 saturated heterocycles. The second kappa shape index (κ2) is 9.73. The summed E-state index contributed by atoms with van der Waals surface area (Å²) in [7, 11) is 0. The van der Waals surface area contributed by atoms with Gasteiger partial charge in [-0.15, -0.1) is 0 Å². The van der Waals surface area contributed by atoms with Crippen LogP contribution in [0.2, 0.25) is 0 Å². The molecule has 1 aromatic rings. The number of rotatable bonds is 8. The van der Waals surface area contributed by atoms with Gasteiger partial charge in [-0.2, -0.15) is 0 Å². The number of hydrogen-bond acceptors (Lipinski definition) is 2. The fraction of sp³-hybridized carbons (Fsp3) is 0.294. The molecule has 0 spiro atoms. The lowest BCUT2D eigenvalue weighted by atomic mass is 10.2. The molecule has 0 unspecified atom stereocenters. The Morgan fingerprint density at radius 2 is 1.95 bits per heavy atom. The first-order valence-corrected chi connectivity index (χ1v) is 6.85. The monoisotopic (exact) mass is 271 g/mol. The van der Waals surface area contributed by atoms with Crippen molar-refractivity contribution in [2.45, 2.75) is 19.8 Å². The first-order chi connectivity index (χ1) is 9.79. The van der Waals surface area contributed by atoms with Gasteiger partial charge in [-0.25, -0.2) is 0 Å². The Labute approximate surface area is 120 Å². The molecule has 0 heterocycles. The van der Waals surface area contributed by atoms with Crippen LogP contribution < -0.4 is 0 Å². The van der Waals surface area contributed by atoms with Crippen molar-refractivity contribution >= 4 is 12.2 Å². The maximum absolute atomic E-state index is 12.4. The highest BCUT2D eigenvalue weighted by atomic mass is 16.2. The lowest BCUT2D eigenvalue weighted by Gasteiger charge is -2.21. The number of amides is 1. The Balaban J connectivity index is 2.61. The van der Waals surface area contributed by atoms with Crippen LogP contribution in [0.4, 0.5) is 0 Å². The molecule has 0 N–H and O–H groups in total. The van der Waals surface area contributed by atoms with E-state index in [4.69, 9.17) is 0 Å². The van der Waals surface area contributed by atoms with Crippen LogP contribution in [0.15, 0.2) is 54.6 Å². The van der Waals surface area contributed by atoms with E-state index in [9.17, 15) is 9.59 Å². The van der Waals surface area contributed by atoms with E-state index in [1.54, 1.807) is 0 Å². The van der Waals surface area contributed by atoms with Gasteiger partial charge in [0.15, 0.2) is 0 Å². The van der Waals surface area contributed by atoms with Crippen molar-refractivity contribution in [1.29, 1.82) is 0 Å². The van der Waals surface area contributed by atoms with Crippen molar-refractivity contribution in [1.82, 2.24) is 4.90 Å². The van der Waals surface area contributed by atoms with Crippen molar-refractivity contribution in [3.8, 4) is 0 Å². The number of hydrogen-bond donors (Lipinski definition) is 0. The van der Waals surface area contributed by atoms with Gasteiger partial charge in [0.2, 0.25) is 0 Å². The van der Waals surface area contributed by atoms with Crippen LogP contribution in [0.1, 0.15) is 30.1 Å². The highest BCUT2D eigenvalue weighted by Crippen LogP contribution is 2.06. The van der Waals surface area contributed by atoms with Crippen LogP contribution in [-0.4, -0.2) is 30.2 Å². The lowest BCUT2D eigenvalue weighted by molar-refractivity contribution is -0.104. The Hall–Kier alpha value is -2.16. The average Bonchev–Trinajstić information content (AvgIpc) is 2.50. The van der Waals surface area contributed by atoms with Crippen LogP contribution in [0.3, 0.4) is 0 Å². The number of allylic oxidation sites excluding steroid dienone is 3. The van der Waals surface area contributed by atoms with Crippen LogP contribution >= 0.6 is 0 Å². The van der Waals surface area contributed by atoms with Gasteiger partial charge in [-0.1, -0.05) is 36.4 Å². The van der Waals surface area contributed by atoms with Gasteiger partial charge in [0.1, 0.15) is 6.29 Å². The molecule has 0 radical (unpaired) electrons. The van der Waals surface area contributed by atoms with E-state index in [1.165, 1.54) is 6.08 Å². The molecule has 0 atom stereocenters. The summed E-state index contributed by atoms with van der Waals surface area (Å²) in [4.78, 5) is 24.4. The fourth-order valence-electron chi connectivity index (χ4n) is 1.82. The molecule has 0 bridgehead atoms. The molecular formula is C17H21NO2. The van der Waals surface area contributed by atoms with E-state index in [1.807, 2.05) is 60.4 Å². The Morgan fingerprint density at radius 1 is 1.20 bits per heavy atom. The smallest absolute Gasteiger partial charge is 0.254 e. The second-order valence-corrected chi connectivity index (χ2v) is 4.39. The zero-order valence-electron chi connectivity index (χ0n) is 11.9. The second-order valence-electron chi connectivity index (χ2n) is 4.39. The van der Waals surface area contributed by atoms with Crippen LogP contribution in [-0.2, 0) is 4.79 Å². The molecule has 1 amide bonds. The molecule has 0 saturated carbocycles. The summed E-state index contributed by atoms with van der Waals surface area (Å²) in [6.45, 7) is 3.24. The summed E-state index contributed by atoms with van der Waals surface area (Å²) >= 11 is 0. The van der Waals surface area contributed by atoms with Crippen LogP contribution in [0.25, 0.3) is 0 Å². The molecule has 106 valence electrons. The first kappa shape index (κ1) is 15.9. The summed E-state index contributed by atoms with van der Waals surface area (Å²) in [5.74, 6) is 0.0445. The maximum Gasteiger partial charge on any atom is 0.254 e. The zero-order valence-corrected chi connectivity index (χ0v) is 11.9. The number of unbranched alkanes of at least 4 members (excludes halogenated alkanes) is 1. The molecule has 3 heteroatoms. The first-order valence-electron chi connectivity index (χ1n) is 6.85. The molecule has 1 aromatic carbocycles. The number of carbonyl (C=O) groups is 2. The van der Waals surface area contributed by atoms with Crippen molar-refractivity contribution in [3.63, 3.8) is 0 Å². The Kier molecular flexibility index (Phi) is 7.73. The third kappa shape index (κ3) is 5.65. The van der Waals surface area contributed by atoms with E-state index in [0.717, 1.165) is 19.1 Å². The normalized spacial score (nSPS) is 11.1. The zero-order chi connectivity index (χ0) is 14.6. The molecule has 20 heavy (non-hydrogen) atoms. The van der Waals surface area contributed by atoms with E-state index in [-0.39, 0.29) is 5.91 Å². The largest absolute Gasteiger partial charge is 0.335 e. The van der Waals surface area contributed by atoms with E-state index >= 15 is 0 Å². The fourth-order valence-corrected chi connectivity index (χ4v) is 1.82. The van der Waals surface area contributed by atoms with Gasteiger partial charge in [-0.05, 0) is 38.0 Å². The predicted molar refractivity (Wildman–Crippen MR) is 81.6 cm³/mol. The maximum atomic E-state index is 12.4. The van der Waals surface area contributed by atoms with Gasteiger partial charge >= 0.3 is 0 Å². The molecule has 0 fully saturated rings. The van der Waals surface area contributed by atoms with Crippen molar-refractivity contribution in [2.75, 3.05) is 13.1 Å². The van der Waals surface area contributed by atoms with Crippen molar-refractivity contribution in [3.05, 3.63) is 60.2 Å². The predicted octanol–water partition coefficient (Wildman–Crippen LogP) is 3.24. The SMILES string of the molecule is C/C=C\CN(CCC/C=C/C=O)C(=O)c1ccccc1. The standard InChI is InChI=1S/C17H21NO2/c1-2-3-13-18(14-9-4-5-10-15-19)17(20)16-11-7-6-8-12-16/h2-3,5-8,10-12,15H,4,9,13-14H2,1H3/b3-2-,10-5+. The van der Waals surface area contributed by atoms with E-state index in [2.05, 4.69) is 0 Å². The quantitative estimate of drug-likeness (QED) is 0.315. The topological polar surface area (TPSA) is 37.4 Å². The highest BCUT2D eigenvalue weighted by Gasteiger charge is 2.13. The number of nitrogens with zero attached hydrogens (tertiary/aromatic N) is 1. The lowest BCUT2D eigenvalue weighted by Crippen LogP contribution is -2.32. The van der Waals surface area contributed by atoms with E-state index in [0.29, 0.717) is 18.7 Å². The third-order valence-corrected chi connectivity index (χ3v) is 2.88. The van der Waals surface area contributed by atoms with Gasteiger partial charge in [0.05, 0.1) is 0 Å². The number of benzene rings is 1. The van der Waals surface area contributed by atoms with Gasteiger partial charge in [-0.3, -0.25) is 9.59 Å². The Bertz CT molecular complexity index is 463. The molecular weight excluding hydrogens is 250 g/mol. The minimum absolute atomic E-state index is 0.0445. The van der Waals surface area contributed by atoms with Gasteiger partial charge in [0.25, 0.3) is 5.91 Å².